The van der Waals surface area contributed by atoms with Crippen molar-refractivity contribution in [3.8, 4) is 0 Å². The number of carbonyl (C=O) groups is 2. The van der Waals surface area contributed by atoms with Crippen molar-refractivity contribution in [2.75, 3.05) is 29.9 Å². The number of hydrogen-bond acceptors (Lipinski definition) is 4. The van der Waals surface area contributed by atoms with E-state index in [1.54, 1.807) is 18.2 Å². The Bertz CT molecular complexity index is 798. The van der Waals surface area contributed by atoms with Gasteiger partial charge in [0.2, 0.25) is 0 Å². The van der Waals surface area contributed by atoms with E-state index in [-0.39, 0.29) is 23.2 Å². The summed E-state index contributed by atoms with van der Waals surface area (Å²) < 4.78 is 0. The number of pyridine rings is 1. The predicted octanol–water partition coefficient (Wildman–Crippen LogP) is 3.85. The van der Waals surface area contributed by atoms with Crippen molar-refractivity contribution in [1.82, 2.24) is 10.3 Å². The molecule has 0 unspecified atom stereocenters. The summed E-state index contributed by atoms with van der Waals surface area (Å²) in [6.45, 7) is 4.84. The molecule has 1 aromatic carbocycles. The molecule has 6 nitrogen and oxygen atoms in total. The summed E-state index contributed by atoms with van der Waals surface area (Å²) in [6, 6.07) is 12.8. The summed E-state index contributed by atoms with van der Waals surface area (Å²) in [6.07, 6.45) is 5.68. The summed E-state index contributed by atoms with van der Waals surface area (Å²) in [5, 5.41) is 5.67. The van der Waals surface area contributed by atoms with Gasteiger partial charge in [-0.15, -0.1) is 0 Å². The average Bonchev–Trinajstić information content (AvgIpc) is 2.75. The predicted molar refractivity (Wildman–Crippen MR) is 112 cm³/mol. The van der Waals surface area contributed by atoms with E-state index >= 15 is 0 Å². The van der Waals surface area contributed by atoms with Gasteiger partial charge >= 0.3 is 0 Å². The van der Waals surface area contributed by atoms with Crippen molar-refractivity contribution in [2.45, 2.75) is 39.0 Å². The topological polar surface area (TPSA) is 74.3 Å². The molecule has 0 bridgehead atoms. The van der Waals surface area contributed by atoms with Gasteiger partial charge in [0, 0.05) is 31.0 Å². The lowest BCUT2D eigenvalue weighted by Crippen LogP contribution is -2.29. The maximum Gasteiger partial charge on any atom is 0.274 e. The third-order valence-electron chi connectivity index (χ3n) is 4.88. The maximum atomic E-state index is 12.5. The Morgan fingerprint density at radius 2 is 1.64 bits per heavy atom. The molecular formula is C22H28N4O2. The number of benzene rings is 1. The van der Waals surface area contributed by atoms with Gasteiger partial charge in [-0.25, -0.2) is 4.98 Å². The zero-order chi connectivity index (χ0) is 19.8. The third-order valence-corrected chi connectivity index (χ3v) is 4.88. The highest BCUT2D eigenvalue weighted by molar-refractivity contribution is 6.03. The minimum Gasteiger partial charge on any atom is -0.372 e. The molecular weight excluding hydrogens is 352 g/mol. The standard InChI is InChI=1S/C22H28N4O2/c1-2-3-14-23-21(27)19-8-7-9-20(25-19)22(28)24-17-10-12-18(13-11-17)26-15-5-4-6-16-26/h7-13H,2-6,14-16H2,1H3,(H,23,27)(H,24,28). The first kappa shape index (κ1) is 19.9. The highest BCUT2D eigenvalue weighted by Gasteiger charge is 2.14. The van der Waals surface area contributed by atoms with Crippen molar-refractivity contribution in [2.24, 2.45) is 0 Å². The Kier molecular flexibility index (Phi) is 7.00. The second kappa shape index (κ2) is 9.88. The normalized spacial score (nSPS) is 13.8. The number of unbranched alkanes of at least 4 members (excludes halogenated alkanes) is 1. The van der Waals surface area contributed by atoms with Gasteiger partial charge < -0.3 is 15.5 Å². The molecule has 2 heterocycles. The van der Waals surface area contributed by atoms with Crippen LogP contribution in [0.4, 0.5) is 11.4 Å². The van der Waals surface area contributed by atoms with Gasteiger partial charge in [0.25, 0.3) is 11.8 Å². The fraction of sp³-hybridized carbons (Fsp3) is 0.409. The molecule has 3 rings (SSSR count). The Morgan fingerprint density at radius 1 is 0.964 bits per heavy atom. The van der Waals surface area contributed by atoms with Crippen LogP contribution in [0.15, 0.2) is 42.5 Å². The van der Waals surface area contributed by atoms with Crippen LogP contribution in [0, 0.1) is 0 Å². The first-order chi connectivity index (χ1) is 13.7. The molecule has 0 radical (unpaired) electrons. The molecule has 148 valence electrons. The quantitative estimate of drug-likeness (QED) is 0.716. The van der Waals surface area contributed by atoms with Crippen LogP contribution in [-0.2, 0) is 0 Å². The zero-order valence-electron chi connectivity index (χ0n) is 16.4. The third kappa shape index (κ3) is 5.31. The molecule has 0 aliphatic carbocycles. The molecule has 1 aliphatic rings. The van der Waals surface area contributed by atoms with E-state index in [9.17, 15) is 9.59 Å². The molecule has 2 amide bonds. The number of hydrogen-bond donors (Lipinski definition) is 2. The monoisotopic (exact) mass is 380 g/mol. The SMILES string of the molecule is CCCCNC(=O)c1cccc(C(=O)Nc2ccc(N3CCCCC3)cc2)n1. The van der Waals surface area contributed by atoms with Gasteiger partial charge in [-0.05, 0) is 62.1 Å². The fourth-order valence-corrected chi connectivity index (χ4v) is 3.26. The van der Waals surface area contributed by atoms with E-state index in [2.05, 4.69) is 27.4 Å². The highest BCUT2D eigenvalue weighted by Crippen LogP contribution is 2.22. The van der Waals surface area contributed by atoms with Crippen LogP contribution < -0.4 is 15.5 Å². The molecule has 6 heteroatoms. The van der Waals surface area contributed by atoms with Gasteiger partial charge in [0.15, 0.2) is 0 Å². The summed E-state index contributed by atoms with van der Waals surface area (Å²) in [5.41, 5.74) is 2.37. The Labute approximate surface area is 166 Å². The van der Waals surface area contributed by atoms with Gasteiger partial charge in [-0.1, -0.05) is 19.4 Å². The molecule has 1 saturated heterocycles. The molecule has 0 atom stereocenters. The van der Waals surface area contributed by atoms with Crippen LogP contribution in [0.1, 0.15) is 60.0 Å². The molecule has 2 aromatic rings. The smallest absolute Gasteiger partial charge is 0.274 e. The van der Waals surface area contributed by atoms with Gasteiger partial charge in [-0.2, -0.15) is 0 Å². The van der Waals surface area contributed by atoms with Crippen molar-refractivity contribution in [3.05, 3.63) is 53.9 Å². The maximum absolute atomic E-state index is 12.5. The van der Waals surface area contributed by atoms with Crippen LogP contribution >= 0.6 is 0 Å². The molecule has 0 saturated carbocycles. The lowest BCUT2D eigenvalue weighted by molar-refractivity contribution is 0.0948. The second-order valence-corrected chi connectivity index (χ2v) is 7.07. The molecule has 0 spiro atoms. The van der Waals surface area contributed by atoms with Crippen molar-refractivity contribution < 1.29 is 9.59 Å². The van der Waals surface area contributed by atoms with Crippen LogP contribution in [0.25, 0.3) is 0 Å². The summed E-state index contributed by atoms with van der Waals surface area (Å²) in [5.74, 6) is -0.581. The summed E-state index contributed by atoms with van der Waals surface area (Å²) in [7, 11) is 0. The molecule has 2 N–H and O–H groups in total. The van der Waals surface area contributed by atoms with Crippen molar-refractivity contribution >= 4 is 23.2 Å². The Balaban J connectivity index is 1.61. The van der Waals surface area contributed by atoms with Crippen LogP contribution in [0.2, 0.25) is 0 Å². The minimum atomic E-state index is -0.325. The Hall–Kier alpha value is -2.89. The minimum absolute atomic E-state index is 0.225. The lowest BCUT2D eigenvalue weighted by atomic mass is 10.1. The van der Waals surface area contributed by atoms with E-state index in [1.807, 2.05) is 24.3 Å². The number of amides is 2. The molecule has 1 fully saturated rings. The Morgan fingerprint density at radius 3 is 2.32 bits per heavy atom. The average molecular weight is 380 g/mol. The van der Waals surface area contributed by atoms with E-state index in [0.717, 1.165) is 25.9 Å². The number of rotatable bonds is 7. The van der Waals surface area contributed by atoms with Crippen molar-refractivity contribution in [3.63, 3.8) is 0 Å². The van der Waals surface area contributed by atoms with E-state index in [4.69, 9.17) is 0 Å². The van der Waals surface area contributed by atoms with Gasteiger partial charge in [0.05, 0.1) is 0 Å². The highest BCUT2D eigenvalue weighted by atomic mass is 16.2. The van der Waals surface area contributed by atoms with E-state index < -0.39 is 0 Å². The molecule has 1 aromatic heterocycles. The van der Waals surface area contributed by atoms with E-state index in [0.29, 0.717) is 12.2 Å². The largest absolute Gasteiger partial charge is 0.372 e. The zero-order valence-corrected chi connectivity index (χ0v) is 16.4. The molecule has 1 aliphatic heterocycles. The van der Waals surface area contributed by atoms with Crippen LogP contribution in [0.5, 0.6) is 0 Å². The summed E-state index contributed by atoms with van der Waals surface area (Å²) >= 11 is 0. The lowest BCUT2D eigenvalue weighted by Gasteiger charge is -2.28. The number of nitrogens with zero attached hydrogens (tertiary/aromatic N) is 2. The van der Waals surface area contributed by atoms with Crippen LogP contribution in [-0.4, -0.2) is 36.4 Å². The number of nitrogens with one attached hydrogen (secondary N) is 2. The first-order valence-electron chi connectivity index (χ1n) is 10.1. The van der Waals surface area contributed by atoms with Crippen LogP contribution in [0.3, 0.4) is 0 Å². The number of aromatic nitrogens is 1. The van der Waals surface area contributed by atoms with Gasteiger partial charge in [0.1, 0.15) is 11.4 Å². The molecule has 28 heavy (non-hydrogen) atoms. The van der Waals surface area contributed by atoms with Crippen molar-refractivity contribution in [1.29, 1.82) is 0 Å². The number of carbonyl (C=O) groups excluding carboxylic acids is 2. The summed E-state index contributed by atoms with van der Waals surface area (Å²) in [4.78, 5) is 31.2. The fourth-order valence-electron chi connectivity index (χ4n) is 3.26. The first-order valence-corrected chi connectivity index (χ1v) is 10.1. The van der Waals surface area contributed by atoms with E-state index in [1.165, 1.54) is 24.9 Å². The number of anilines is 2. The van der Waals surface area contributed by atoms with Gasteiger partial charge in [-0.3, -0.25) is 9.59 Å². The number of piperidine rings is 1. The second-order valence-electron chi connectivity index (χ2n) is 7.07.